The molecule has 0 N–H and O–H groups in total. The van der Waals surface area contributed by atoms with Crippen LogP contribution in [0.3, 0.4) is 0 Å². The van der Waals surface area contributed by atoms with Crippen molar-refractivity contribution < 1.29 is 19.1 Å². The largest absolute Gasteiger partial charge is 0.454 e. The minimum Gasteiger partial charge on any atom is -0.454 e. The van der Waals surface area contributed by atoms with Crippen molar-refractivity contribution in [1.82, 2.24) is 9.80 Å². The summed E-state index contributed by atoms with van der Waals surface area (Å²) in [5, 5.41) is 0. The van der Waals surface area contributed by atoms with Crippen LogP contribution in [0, 0.1) is 6.57 Å². The minimum atomic E-state index is -0.911. The van der Waals surface area contributed by atoms with Gasteiger partial charge in [0.2, 0.25) is 18.6 Å². The van der Waals surface area contributed by atoms with Crippen molar-refractivity contribution in [2.45, 2.75) is 43.4 Å². The Hall–Kier alpha value is -3.53. The van der Waals surface area contributed by atoms with Gasteiger partial charge in [0, 0.05) is 20.4 Å². The molecule has 0 spiro atoms. The third-order valence-electron chi connectivity index (χ3n) is 6.69. The van der Waals surface area contributed by atoms with E-state index in [1.165, 1.54) is 0 Å². The number of ether oxygens (including phenoxy) is 2. The van der Waals surface area contributed by atoms with Crippen LogP contribution in [0.1, 0.15) is 30.5 Å². The van der Waals surface area contributed by atoms with Crippen LogP contribution >= 0.6 is 0 Å². The van der Waals surface area contributed by atoms with E-state index in [1.807, 2.05) is 49.4 Å². The van der Waals surface area contributed by atoms with Gasteiger partial charge >= 0.3 is 0 Å². The number of fused-ring (bicyclic) bond motifs is 2. The van der Waals surface area contributed by atoms with Crippen LogP contribution in [0.15, 0.2) is 48.5 Å². The second kappa shape index (κ2) is 7.02. The fourth-order valence-corrected chi connectivity index (χ4v) is 5.07. The molecule has 2 unspecified atom stereocenters. The van der Waals surface area contributed by atoms with Crippen molar-refractivity contribution in [3.8, 4) is 11.5 Å². The third-order valence-corrected chi connectivity index (χ3v) is 6.69. The maximum atomic E-state index is 13.8. The summed E-state index contributed by atoms with van der Waals surface area (Å²) in [4.78, 5) is 34.2. The molecular weight excluding hydrogens is 394 g/mol. The molecule has 2 aromatic carbocycles. The Kier molecular flexibility index (Phi) is 4.40. The van der Waals surface area contributed by atoms with Gasteiger partial charge in [0.1, 0.15) is 18.1 Å². The molecule has 31 heavy (non-hydrogen) atoms. The third kappa shape index (κ3) is 2.94. The molecular formula is C24H23N3O4. The fourth-order valence-electron chi connectivity index (χ4n) is 5.07. The maximum absolute atomic E-state index is 13.8. The van der Waals surface area contributed by atoms with Gasteiger partial charge in [-0.25, -0.2) is 6.57 Å². The Labute approximate surface area is 181 Å². The first-order chi connectivity index (χ1) is 14.9. The van der Waals surface area contributed by atoms with E-state index in [0.717, 1.165) is 11.1 Å². The highest BCUT2D eigenvalue weighted by Gasteiger charge is 2.63. The van der Waals surface area contributed by atoms with Crippen LogP contribution in [-0.2, 0) is 16.0 Å². The number of nitrogens with zero attached hydrogens (tertiary/aromatic N) is 3. The van der Waals surface area contributed by atoms with Gasteiger partial charge in [0.15, 0.2) is 11.5 Å². The number of piperazine rings is 1. The first-order valence-electron chi connectivity index (χ1n) is 10.3. The highest BCUT2D eigenvalue weighted by Crippen LogP contribution is 2.50. The number of hydrogen-bond donors (Lipinski definition) is 0. The second-order valence-electron chi connectivity index (χ2n) is 8.60. The normalized spacial score (nSPS) is 29.1. The average molecular weight is 417 g/mol. The van der Waals surface area contributed by atoms with Crippen molar-refractivity contribution >= 4 is 11.8 Å². The van der Waals surface area contributed by atoms with Gasteiger partial charge in [-0.2, -0.15) is 0 Å². The number of hydrogen-bond acceptors (Lipinski definition) is 4. The smallest absolute Gasteiger partial charge is 0.256 e. The number of carbonyl (C=O) groups excluding carboxylic acids is 2. The molecule has 7 nitrogen and oxygen atoms in total. The Morgan fingerprint density at radius 2 is 1.84 bits per heavy atom. The van der Waals surface area contributed by atoms with Gasteiger partial charge < -0.3 is 24.1 Å². The first-order valence-corrected chi connectivity index (χ1v) is 10.3. The molecule has 0 radical (unpaired) electrons. The van der Waals surface area contributed by atoms with Crippen LogP contribution in [0.25, 0.3) is 4.85 Å². The van der Waals surface area contributed by atoms with Crippen LogP contribution in [-0.4, -0.2) is 53.1 Å². The Balaban J connectivity index is 1.56. The van der Waals surface area contributed by atoms with Crippen LogP contribution in [0.5, 0.6) is 11.5 Å². The van der Waals surface area contributed by atoms with Gasteiger partial charge in [0.25, 0.3) is 5.54 Å². The molecule has 0 aromatic heterocycles. The predicted molar refractivity (Wildman–Crippen MR) is 112 cm³/mol. The maximum Gasteiger partial charge on any atom is 0.256 e. The Bertz CT molecular complexity index is 1100. The molecule has 7 heteroatoms. The van der Waals surface area contributed by atoms with Crippen molar-refractivity contribution in [3.05, 3.63) is 71.1 Å². The zero-order valence-electron chi connectivity index (χ0n) is 17.4. The molecule has 2 aromatic rings. The molecule has 158 valence electrons. The molecule has 2 saturated heterocycles. The zero-order chi connectivity index (χ0) is 21.8. The van der Waals surface area contributed by atoms with Crippen LogP contribution in [0.4, 0.5) is 0 Å². The molecule has 3 aliphatic rings. The average Bonchev–Trinajstić information content (AvgIpc) is 3.38. The number of amides is 2. The van der Waals surface area contributed by atoms with E-state index >= 15 is 0 Å². The molecule has 2 fully saturated rings. The lowest BCUT2D eigenvalue weighted by Gasteiger charge is -2.42. The molecule has 4 atom stereocenters. The summed E-state index contributed by atoms with van der Waals surface area (Å²) in [5.74, 6) is 1.01. The molecule has 0 aliphatic carbocycles. The molecule has 0 bridgehead atoms. The van der Waals surface area contributed by atoms with E-state index in [2.05, 4.69) is 4.85 Å². The molecule has 3 aliphatic heterocycles. The van der Waals surface area contributed by atoms with Crippen molar-refractivity contribution in [3.63, 3.8) is 0 Å². The number of likely N-dealkylation sites (N-methyl/N-ethyl adjacent to an activating group) is 1. The fraction of sp³-hybridized carbons (Fsp3) is 0.375. The van der Waals surface area contributed by atoms with Crippen LogP contribution in [0.2, 0.25) is 0 Å². The summed E-state index contributed by atoms with van der Waals surface area (Å²) >= 11 is 0. The van der Waals surface area contributed by atoms with Crippen molar-refractivity contribution in [1.29, 1.82) is 0 Å². The molecule has 0 saturated carbocycles. The van der Waals surface area contributed by atoms with Gasteiger partial charge in [-0.15, -0.1) is 0 Å². The first kappa shape index (κ1) is 19.4. The highest BCUT2D eigenvalue weighted by molar-refractivity contribution is 5.98. The highest BCUT2D eigenvalue weighted by atomic mass is 16.7. The predicted octanol–water partition coefficient (Wildman–Crippen LogP) is 2.82. The van der Waals surface area contributed by atoms with E-state index in [0.29, 0.717) is 24.3 Å². The van der Waals surface area contributed by atoms with Crippen molar-refractivity contribution in [2.75, 3.05) is 13.8 Å². The van der Waals surface area contributed by atoms with Gasteiger partial charge in [0.05, 0.1) is 6.42 Å². The van der Waals surface area contributed by atoms with E-state index in [9.17, 15) is 9.59 Å². The minimum absolute atomic E-state index is 0.112. The summed E-state index contributed by atoms with van der Waals surface area (Å²) < 4.78 is 10.9. The SMILES string of the molecule is [C-]#[N+][C@@]1(C)C[C@H]2C(=O)N(C)C(Cc3ccccc3)C(=O)N2C1c1ccc2c(c1)OCO2. The van der Waals surface area contributed by atoms with E-state index < -0.39 is 23.7 Å². The Morgan fingerprint density at radius 3 is 2.58 bits per heavy atom. The summed E-state index contributed by atoms with van der Waals surface area (Å²) in [6.07, 6.45) is 0.746. The van der Waals surface area contributed by atoms with Gasteiger partial charge in [-0.05, 0) is 23.3 Å². The van der Waals surface area contributed by atoms with Gasteiger partial charge in [-0.1, -0.05) is 36.4 Å². The molecule has 3 heterocycles. The molecule has 5 rings (SSSR count). The Morgan fingerprint density at radius 1 is 1.10 bits per heavy atom. The van der Waals surface area contributed by atoms with Crippen molar-refractivity contribution in [2.24, 2.45) is 0 Å². The number of benzene rings is 2. The number of carbonyl (C=O) groups is 2. The standard InChI is InChI=1S/C24H23N3O4/c1-24(25-2)13-18-22(28)26(3)17(11-15-7-5-4-6-8-15)23(29)27(18)21(24)16-9-10-19-20(12-16)31-14-30-19/h4-10,12,17-18,21H,11,13-14H2,1,3H3/t17?,18-,21?,24-/m0/s1. The summed E-state index contributed by atoms with van der Waals surface area (Å²) in [6.45, 7) is 9.88. The van der Waals surface area contributed by atoms with E-state index in [4.69, 9.17) is 16.0 Å². The summed E-state index contributed by atoms with van der Waals surface area (Å²) in [5.41, 5.74) is 0.867. The second-order valence-corrected chi connectivity index (χ2v) is 8.60. The topological polar surface area (TPSA) is 63.4 Å². The van der Waals surface area contributed by atoms with Crippen LogP contribution < -0.4 is 9.47 Å². The lowest BCUT2D eigenvalue weighted by Crippen LogP contribution is -2.62. The monoisotopic (exact) mass is 417 g/mol. The van der Waals surface area contributed by atoms with E-state index in [1.54, 1.807) is 22.9 Å². The zero-order valence-corrected chi connectivity index (χ0v) is 17.4. The lowest BCUT2D eigenvalue weighted by atomic mass is 9.87. The number of rotatable bonds is 3. The van der Waals surface area contributed by atoms with E-state index in [-0.39, 0.29) is 18.6 Å². The van der Waals surface area contributed by atoms with Gasteiger partial charge in [-0.3, -0.25) is 9.59 Å². The lowest BCUT2D eigenvalue weighted by molar-refractivity contribution is -0.159. The quantitative estimate of drug-likeness (QED) is 0.721. The molecule has 2 amide bonds. The summed E-state index contributed by atoms with van der Waals surface area (Å²) in [7, 11) is 1.69. The summed E-state index contributed by atoms with van der Waals surface area (Å²) in [6, 6.07) is 13.4.